The number of aromatic amines is 1. The Hall–Kier alpha value is -3.27. The topological polar surface area (TPSA) is 130 Å². The Morgan fingerprint density at radius 2 is 2.21 bits per heavy atom. The quantitative estimate of drug-likeness (QED) is 0.578. The number of amides is 2. The highest BCUT2D eigenvalue weighted by molar-refractivity contribution is 5.99. The summed E-state index contributed by atoms with van der Waals surface area (Å²) in [5, 5.41) is 21.1. The van der Waals surface area contributed by atoms with Crippen molar-refractivity contribution in [3.05, 3.63) is 56.9 Å². The van der Waals surface area contributed by atoms with Gasteiger partial charge in [0.15, 0.2) is 5.69 Å². The van der Waals surface area contributed by atoms with Crippen molar-refractivity contribution in [3.63, 3.8) is 0 Å². The molecule has 2 N–H and O–H groups in total. The predicted molar refractivity (Wildman–Crippen MR) is 101 cm³/mol. The van der Waals surface area contributed by atoms with Gasteiger partial charge in [0.2, 0.25) is 0 Å². The van der Waals surface area contributed by atoms with Gasteiger partial charge in [-0.3, -0.25) is 24.8 Å². The van der Waals surface area contributed by atoms with Gasteiger partial charge in [-0.15, -0.1) is 0 Å². The Morgan fingerprint density at radius 1 is 1.38 bits per heavy atom. The molecule has 10 nitrogen and oxygen atoms in total. The number of ether oxygens (including phenoxy) is 1. The number of benzene rings is 1. The number of rotatable bonds is 5. The molecule has 1 saturated heterocycles. The summed E-state index contributed by atoms with van der Waals surface area (Å²) in [5.41, 5.74) is 1.50. The molecule has 0 aliphatic carbocycles. The number of nitro benzene ring substituents is 1. The standard InChI is InChI=1S/C19H21N5O5/c25-18(20-10-12-4-3-9-29-12)17-14-11-23(8-7-15(14)21-22-17)19(26)13-5-1-2-6-16(13)24(27)28/h1-2,5-6,12H,3-4,7-11H2,(H,20,25)(H,21,22)/t12-/m1/s1. The Bertz CT molecular complexity index is 950. The minimum atomic E-state index is -0.565. The van der Waals surface area contributed by atoms with Gasteiger partial charge in [-0.2, -0.15) is 5.10 Å². The number of hydrogen-bond donors (Lipinski definition) is 2. The molecule has 1 atom stereocenters. The van der Waals surface area contributed by atoms with Crippen molar-refractivity contribution < 1.29 is 19.2 Å². The highest BCUT2D eigenvalue weighted by Gasteiger charge is 2.31. The number of carbonyl (C=O) groups is 2. The van der Waals surface area contributed by atoms with Gasteiger partial charge in [-0.1, -0.05) is 12.1 Å². The van der Waals surface area contributed by atoms with E-state index in [9.17, 15) is 19.7 Å². The molecule has 4 rings (SSSR count). The van der Waals surface area contributed by atoms with E-state index in [0.29, 0.717) is 31.7 Å². The van der Waals surface area contributed by atoms with Crippen molar-refractivity contribution in [1.29, 1.82) is 0 Å². The number of fused-ring (bicyclic) bond motifs is 1. The molecule has 2 aromatic rings. The Kier molecular flexibility index (Phi) is 5.26. The van der Waals surface area contributed by atoms with Gasteiger partial charge in [0.1, 0.15) is 5.56 Å². The first-order chi connectivity index (χ1) is 14.0. The summed E-state index contributed by atoms with van der Waals surface area (Å²) >= 11 is 0. The minimum Gasteiger partial charge on any atom is -0.376 e. The van der Waals surface area contributed by atoms with Gasteiger partial charge in [0.25, 0.3) is 17.5 Å². The smallest absolute Gasteiger partial charge is 0.282 e. The van der Waals surface area contributed by atoms with Crippen LogP contribution in [0.5, 0.6) is 0 Å². The highest BCUT2D eigenvalue weighted by atomic mass is 16.6. The fourth-order valence-electron chi connectivity index (χ4n) is 3.74. The normalized spacial score (nSPS) is 18.3. The Labute approximate surface area is 166 Å². The molecule has 1 aromatic heterocycles. The first kappa shape index (κ1) is 19.1. The summed E-state index contributed by atoms with van der Waals surface area (Å²) in [7, 11) is 0. The molecule has 0 unspecified atom stereocenters. The van der Waals surface area contributed by atoms with Gasteiger partial charge in [0, 0.05) is 43.4 Å². The summed E-state index contributed by atoms with van der Waals surface area (Å²) in [4.78, 5) is 37.7. The first-order valence-corrected chi connectivity index (χ1v) is 9.53. The Balaban J connectivity index is 1.49. The van der Waals surface area contributed by atoms with E-state index in [-0.39, 0.29) is 35.5 Å². The third kappa shape index (κ3) is 3.83. The van der Waals surface area contributed by atoms with Crippen LogP contribution < -0.4 is 5.32 Å². The zero-order valence-corrected chi connectivity index (χ0v) is 15.7. The number of hydrogen-bond acceptors (Lipinski definition) is 6. The largest absolute Gasteiger partial charge is 0.376 e. The highest BCUT2D eigenvalue weighted by Crippen LogP contribution is 2.25. The summed E-state index contributed by atoms with van der Waals surface area (Å²) in [6.07, 6.45) is 2.41. The molecular weight excluding hydrogens is 378 g/mol. The second-order valence-electron chi connectivity index (χ2n) is 7.13. The molecular formula is C19H21N5O5. The minimum absolute atomic E-state index is 0.0189. The van der Waals surface area contributed by atoms with Crippen molar-refractivity contribution in [2.75, 3.05) is 19.7 Å². The van der Waals surface area contributed by atoms with Crippen molar-refractivity contribution >= 4 is 17.5 Å². The van der Waals surface area contributed by atoms with E-state index in [2.05, 4.69) is 15.5 Å². The van der Waals surface area contributed by atoms with Crippen LogP contribution in [0.1, 0.15) is 44.9 Å². The molecule has 10 heteroatoms. The lowest BCUT2D eigenvalue weighted by molar-refractivity contribution is -0.385. The lowest BCUT2D eigenvalue weighted by atomic mass is 10.0. The van der Waals surface area contributed by atoms with Crippen LogP contribution in [0.3, 0.4) is 0 Å². The molecule has 1 fully saturated rings. The maximum absolute atomic E-state index is 12.9. The van der Waals surface area contributed by atoms with Gasteiger partial charge in [-0.05, 0) is 18.9 Å². The van der Waals surface area contributed by atoms with Gasteiger partial charge in [-0.25, -0.2) is 0 Å². The molecule has 2 aliphatic heterocycles. The van der Waals surface area contributed by atoms with E-state index in [1.54, 1.807) is 6.07 Å². The zero-order chi connectivity index (χ0) is 20.4. The van der Waals surface area contributed by atoms with Crippen LogP contribution in [0, 0.1) is 10.1 Å². The molecule has 0 saturated carbocycles. The van der Waals surface area contributed by atoms with Crippen LogP contribution >= 0.6 is 0 Å². The fraction of sp³-hybridized carbons (Fsp3) is 0.421. The zero-order valence-electron chi connectivity index (χ0n) is 15.7. The molecule has 3 heterocycles. The van der Waals surface area contributed by atoms with E-state index < -0.39 is 10.8 Å². The number of H-pyrrole nitrogens is 1. The van der Waals surface area contributed by atoms with E-state index in [4.69, 9.17) is 4.74 Å². The van der Waals surface area contributed by atoms with Crippen LogP contribution in [0.25, 0.3) is 0 Å². The third-order valence-electron chi connectivity index (χ3n) is 5.28. The van der Waals surface area contributed by atoms with E-state index >= 15 is 0 Å². The van der Waals surface area contributed by atoms with Gasteiger partial charge >= 0.3 is 0 Å². The lowest BCUT2D eigenvalue weighted by Gasteiger charge is -2.27. The maximum Gasteiger partial charge on any atom is 0.282 e. The van der Waals surface area contributed by atoms with E-state index in [0.717, 1.165) is 18.5 Å². The van der Waals surface area contributed by atoms with Crippen LogP contribution in [0.4, 0.5) is 5.69 Å². The van der Waals surface area contributed by atoms with Crippen molar-refractivity contribution in [2.24, 2.45) is 0 Å². The molecule has 152 valence electrons. The maximum atomic E-state index is 12.9. The molecule has 0 spiro atoms. The van der Waals surface area contributed by atoms with Crippen LogP contribution in [-0.4, -0.2) is 57.6 Å². The first-order valence-electron chi connectivity index (χ1n) is 9.53. The summed E-state index contributed by atoms with van der Waals surface area (Å²) in [6.45, 7) is 1.68. The second-order valence-corrected chi connectivity index (χ2v) is 7.13. The SMILES string of the molecule is O=C(NC[C@H]1CCCO1)c1n[nH]c2c1CN(C(=O)c1ccccc1[N+](=O)[O-])CC2. The van der Waals surface area contributed by atoms with Gasteiger partial charge in [0.05, 0.1) is 17.6 Å². The van der Waals surface area contributed by atoms with E-state index in [1.807, 2.05) is 0 Å². The fourth-order valence-corrected chi connectivity index (χ4v) is 3.74. The average molecular weight is 399 g/mol. The van der Waals surface area contributed by atoms with Gasteiger partial charge < -0.3 is 15.0 Å². The molecule has 2 amide bonds. The number of para-hydroxylation sites is 1. The molecule has 29 heavy (non-hydrogen) atoms. The predicted octanol–water partition coefficient (Wildman–Crippen LogP) is 1.43. The molecule has 0 radical (unpaired) electrons. The van der Waals surface area contributed by atoms with Crippen molar-refractivity contribution in [3.8, 4) is 0 Å². The Morgan fingerprint density at radius 3 is 2.97 bits per heavy atom. The molecule has 0 bridgehead atoms. The average Bonchev–Trinajstić information content (AvgIpc) is 3.40. The monoisotopic (exact) mass is 399 g/mol. The van der Waals surface area contributed by atoms with Crippen molar-refractivity contribution in [2.45, 2.75) is 31.9 Å². The van der Waals surface area contributed by atoms with E-state index in [1.165, 1.54) is 23.1 Å². The summed E-state index contributed by atoms with van der Waals surface area (Å²) in [5.74, 6) is -0.757. The molecule has 1 aromatic carbocycles. The van der Waals surface area contributed by atoms with Crippen LogP contribution in [-0.2, 0) is 17.7 Å². The lowest BCUT2D eigenvalue weighted by Crippen LogP contribution is -2.37. The number of carbonyl (C=O) groups excluding carboxylic acids is 2. The van der Waals surface area contributed by atoms with Crippen LogP contribution in [0.2, 0.25) is 0 Å². The number of nitrogens with zero attached hydrogens (tertiary/aromatic N) is 3. The number of aromatic nitrogens is 2. The van der Waals surface area contributed by atoms with Crippen molar-refractivity contribution in [1.82, 2.24) is 20.4 Å². The number of nitrogens with one attached hydrogen (secondary N) is 2. The number of nitro groups is 1. The van der Waals surface area contributed by atoms with Crippen LogP contribution in [0.15, 0.2) is 24.3 Å². The second kappa shape index (κ2) is 8.00. The third-order valence-corrected chi connectivity index (χ3v) is 5.28. The summed E-state index contributed by atoms with van der Waals surface area (Å²) < 4.78 is 5.51. The molecule has 2 aliphatic rings. The summed E-state index contributed by atoms with van der Waals surface area (Å²) in [6, 6.07) is 5.87.